The number of aryl methyl sites for hydroxylation is 2. The second-order valence-electron chi connectivity index (χ2n) is 6.27. The third-order valence-electron chi connectivity index (χ3n) is 4.43. The number of nitrogens with zero attached hydrogens (tertiary/aromatic N) is 1. The van der Waals surface area contributed by atoms with E-state index < -0.39 is 0 Å². The Hall–Kier alpha value is -0.860. The van der Waals surface area contributed by atoms with E-state index in [1.54, 1.807) is 0 Å². The lowest BCUT2D eigenvalue weighted by molar-refractivity contribution is 0.294. The Balaban J connectivity index is 2.17. The molecule has 1 aromatic carbocycles. The summed E-state index contributed by atoms with van der Waals surface area (Å²) < 4.78 is 0. The number of likely N-dealkylation sites (N-methyl/N-ethyl adjacent to an activating group) is 1. The van der Waals surface area contributed by atoms with Crippen molar-refractivity contribution >= 4 is 0 Å². The van der Waals surface area contributed by atoms with Crippen molar-refractivity contribution in [3.63, 3.8) is 0 Å². The Morgan fingerprint density at radius 2 is 1.61 bits per heavy atom. The molecule has 0 aliphatic heterocycles. The highest BCUT2D eigenvalue weighted by atomic mass is 15.1. The molecule has 0 amide bonds. The fraction of sp³-hybridized carbons (Fsp3) is 0.625. The molecule has 1 saturated carbocycles. The van der Waals surface area contributed by atoms with E-state index >= 15 is 0 Å². The lowest BCUT2D eigenvalue weighted by Gasteiger charge is -2.24. The molecule has 100 valence electrons. The summed E-state index contributed by atoms with van der Waals surface area (Å²) in [4.78, 5) is 2.38. The zero-order valence-corrected chi connectivity index (χ0v) is 12.4. The van der Waals surface area contributed by atoms with Gasteiger partial charge in [-0.3, -0.25) is 0 Å². The molecule has 0 aromatic heterocycles. The maximum absolute atomic E-state index is 6.20. The number of benzene rings is 1. The van der Waals surface area contributed by atoms with E-state index in [0.717, 1.165) is 13.1 Å². The van der Waals surface area contributed by atoms with Gasteiger partial charge in [-0.15, -0.1) is 0 Å². The second-order valence-corrected chi connectivity index (χ2v) is 6.27. The van der Waals surface area contributed by atoms with Crippen molar-refractivity contribution in [3.05, 3.63) is 33.9 Å². The number of hydrogen-bond acceptors (Lipinski definition) is 2. The molecule has 2 rings (SSSR count). The highest BCUT2D eigenvalue weighted by molar-refractivity contribution is 5.43. The molecule has 0 spiro atoms. The normalized spacial score (nSPS) is 17.3. The smallest absolute Gasteiger partial charge is 0.0284 e. The minimum absolute atomic E-state index is 0.107. The summed E-state index contributed by atoms with van der Waals surface area (Å²) in [7, 11) is 2.18. The van der Waals surface area contributed by atoms with Crippen LogP contribution in [-0.2, 0) is 6.54 Å². The van der Waals surface area contributed by atoms with Crippen molar-refractivity contribution in [1.82, 2.24) is 4.90 Å². The lowest BCUT2D eigenvalue weighted by Crippen LogP contribution is -2.37. The van der Waals surface area contributed by atoms with Gasteiger partial charge in [0.05, 0.1) is 0 Å². The molecule has 2 N–H and O–H groups in total. The van der Waals surface area contributed by atoms with Gasteiger partial charge in [0.15, 0.2) is 0 Å². The quantitative estimate of drug-likeness (QED) is 0.885. The largest absolute Gasteiger partial charge is 0.324 e. The Labute approximate surface area is 111 Å². The van der Waals surface area contributed by atoms with Crippen LogP contribution in [0.1, 0.15) is 40.7 Å². The van der Waals surface area contributed by atoms with Gasteiger partial charge in [0.25, 0.3) is 0 Å². The molecule has 0 bridgehead atoms. The van der Waals surface area contributed by atoms with E-state index in [9.17, 15) is 0 Å². The zero-order valence-electron chi connectivity index (χ0n) is 12.4. The summed E-state index contributed by atoms with van der Waals surface area (Å²) in [5.74, 6) is 0. The lowest BCUT2D eigenvalue weighted by atomic mass is 9.94. The van der Waals surface area contributed by atoms with Gasteiger partial charge >= 0.3 is 0 Å². The Bertz CT molecular complexity index is 432. The second kappa shape index (κ2) is 4.67. The molecule has 0 atom stereocenters. The molecule has 2 heteroatoms. The predicted molar refractivity (Wildman–Crippen MR) is 77.9 cm³/mol. The molecular weight excluding hydrogens is 220 g/mol. The van der Waals surface area contributed by atoms with E-state index in [0.29, 0.717) is 0 Å². The fourth-order valence-corrected chi connectivity index (χ4v) is 2.72. The molecule has 0 saturated heterocycles. The van der Waals surface area contributed by atoms with Gasteiger partial charge in [0.1, 0.15) is 0 Å². The van der Waals surface area contributed by atoms with Crippen LogP contribution in [0.2, 0.25) is 0 Å². The van der Waals surface area contributed by atoms with Crippen molar-refractivity contribution in [2.75, 3.05) is 13.6 Å². The van der Waals surface area contributed by atoms with Crippen molar-refractivity contribution < 1.29 is 0 Å². The average molecular weight is 246 g/mol. The van der Waals surface area contributed by atoms with E-state index in [2.05, 4.69) is 45.7 Å². The van der Waals surface area contributed by atoms with Crippen molar-refractivity contribution in [3.8, 4) is 0 Å². The van der Waals surface area contributed by atoms with Gasteiger partial charge in [-0.2, -0.15) is 0 Å². The average Bonchev–Trinajstić information content (AvgIpc) is 2.99. The van der Waals surface area contributed by atoms with Crippen LogP contribution in [0.4, 0.5) is 0 Å². The monoisotopic (exact) mass is 246 g/mol. The van der Waals surface area contributed by atoms with Crippen LogP contribution in [0.5, 0.6) is 0 Å². The van der Waals surface area contributed by atoms with Gasteiger partial charge in [-0.1, -0.05) is 6.07 Å². The Morgan fingerprint density at radius 1 is 1.11 bits per heavy atom. The minimum Gasteiger partial charge on any atom is -0.324 e. The summed E-state index contributed by atoms with van der Waals surface area (Å²) in [6, 6.07) is 2.29. The topological polar surface area (TPSA) is 29.3 Å². The van der Waals surface area contributed by atoms with E-state index in [4.69, 9.17) is 5.73 Å². The third-order valence-corrected chi connectivity index (χ3v) is 4.43. The van der Waals surface area contributed by atoms with Gasteiger partial charge in [-0.05, 0) is 75.4 Å². The molecule has 1 fully saturated rings. The summed E-state index contributed by atoms with van der Waals surface area (Å²) in [6.07, 6.45) is 2.37. The molecule has 1 aromatic rings. The highest BCUT2D eigenvalue weighted by Crippen LogP contribution is 2.33. The van der Waals surface area contributed by atoms with Crippen molar-refractivity contribution in [2.45, 2.75) is 52.6 Å². The number of hydrogen-bond donors (Lipinski definition) is 1. The van der Waals surface area contributed by atoms with Crippen LogP contribution in [0, 0.1) is 27.7 Å². The molecular formula is C16H26N2. The van der Waals surface area contributed by atoms with Crippen molar-refractivity contribution in [2.24, 2.45) is 5.73 Å². The van der Waals surface area contributed by atoms with Gasteiger partial charge in [0.2, 0.25) is 0 Å². The molecule has 18 heavy (non-hydrogen) atoms. The third kappa shape index (κ3) is 2.76. The summed E-state index contributed by atoms with van der Waals surface area (Å²) in [5, 5.41) is 0. The predicted octanol–water partition coefficient (Wildman–Crippen LogP) is 2.84. The van der Waals surface area contributed by atoms with Crippen LogP contribution in [0.3, 0.4) is 0 Å². The van der Waals surface area contributed by atoms with Crippen LogP contribution < -0.4 is 5.73 Å². The Kier molecular flexibility index (Phi) is 3.52. The van der Waals surface area contributed by atoms with E-state index in [1.165, 1.54) is 40.7 Å². The number of nitrogens with two attached hydrogens (primary N) is 1. The van der Waals surface area contributed by atoms with E-state index in [1.807, 2.05) is 0 Å². The fourth-order valence-electron chi connectivity index (χ4n) is 2.72. The number of rotatable bonds is 4. The van der Waals surface area contributed by atoms with Crippen molar-refractivity contribution in [1.29, 1.82) is 0 Å². The summed E-state index contributed by atoms with van der Waals surface area (Å²) >= 11 is 0. The highest BCUT2D eigenvalue weighted by Gasteiger charge is 2.38. The van der Waals surface area contributed by atoms with Gasteiger partial charge < -0.3 is 10.6 Å². The molecule has 2 nitrogen and oxygen atoms in total. The van der Waals surface area contributed by atoms with Gasteiger partial charge in [0, 0.05) is 18.6 Å². The summed E-state index contributed by atoms with van der Waals surface area (Å²) in [6.45, 7) is 10.9. The summed E-state index contributed by atoms with van der Waals surface area (Å²) in [5.41, 5.74) is 13.5. The first-order valence-electron chi connectivity index (χ1n) is 6.86. The molecule has 0 heterocycles. The first-order valence-corrected chi connectivity index (χ1v) is 6.86. The van der Waals surface area contributed by atoms with E-state index in [-0.39, 0.29) is 5.54 Å². The van der Waals surface area contributed by atoms with Crippen LogP contribution >= 0.6 is 0 Å². The molecule has 1 aliphatic rings. The first-order chi connectivity index (χ1) is 8.32. The Morgan fingerprint density at radius 3 is 2.06 bits per heavy atom. The SMILES string of the molecule is Cc1cc(C)c(C)c(CN(C)CC2(N)CC2)c1C. The first kappa shape index (κ1) is 13.6. The van der Waals surface area contributed by atoms with Crippen LogP contribution in [0.15, 0.2) is 6.07 Å². The maximum atomic E-state index is 6.20. The molecule has 1 aliphatic carbocycles. The maximum Gasteiger partial charge on any atom is 0.0284 e. The minimum atomic E-state index is 0.107. The molecule has 0 radical (unpaired) electrons. The van der Waals surface area contributed by atoms with Crippen LogP contribution in [-0.4, -0.2) is 24.0 Å². The standard InChI is InChI=1S/C16H26N2/c1-11-8-12(2)14(4)15(13(11)3)9-18(5)10-16(17)6-7-16/h8H,6-7,9-10,17H2,1-5H3. The molecule has 0 unspecified atom stereocenters. The van der Waals surface area contributed by atoms with Gasteiger partial charge in [-0.25, -0.2) is 0 Å². The van der Waals surface area contributed by atoms with Crippen LogP contribution in [0.25, 0.3) is 0 Å². The zero-order chi connectivity index (χ0) is 13.5.